The molecular weight excluding hydrogens is 326 g/mol. The van der Waals surface area contributed by atoms with E-state index in [4.69, 9.17) is 0 Å². The van der Waals surface area contributed by atoms with Gasteiger partial charge in [0.25, 0.3) is 0 Å². The Morgan fingerprint density at radius 3 is 2.27 bits per heavy atom. The first-order valence-corrected chi connectivity index (χ1v) is 9.49. The van der Waals surface area contributed by atoms with Crippen LogP contribution in [0.15, 0.2) is 48.5 Å². The lowest BCUT2D eigenvalue weighted by atomic mass is 9.87. The molecule has 0 bridgehead atoms. The molecule has 1 aliphatic rings. The number of nitrogens with one attached hydrogen (secondary N) is 1. The maximum Gasteiger partial charge on any atom is 0.221 e. The van der Waals surface area contributed by atoms with Crippen LogP contribution in [-0.2, 0) is 4.79 Å². The zero-order valence-electron chi connectivity index (χ0n) is 15.0. The van der Waals surface area contributed by atoms with E-state index in [1.807, 2.05) is 24.3 Å². The van der Waals surface area contributed by atoms with Gasteiger partial charge in [0.05, 0.1) is 0 Å². The van der Waals surface area contributed by atoms with Crippen LogP contribution in [0.4, 0.5) is 0 Å². The third-order valence-corrected chi connectivity index (χ3v) is 5.22. The van der Waals surface area contributed by atoms with Crippen molar-refractivity contribution in [2.24, 2.45) is 0 Å². The summed E-state index contributed by atoms with van der Waals surface area (Å²) in [6.07, 6.45) is 7.22. The standard InChI is InChI=1S/C22H27NO3/c24-18-13-11-16(12-14-18)20(19-9-5-6-10-21(19)25)15-22(26)23-17-7-3-1-2-4-8-17/h5-6,9-14,17,20,24-25H,1-4,7-8,15H2,(H,23,26). The Kier molecular flexibility index (Phi) is 6.16. The average Bonchev–Trinajstić information content (AvgIpc) is 2.90. The molecule has 0 radical (unpaired) electrons. The largest absolute Gasteiger partial charge is 0.508 e. The van der Waals surface area contributed by atoms with Crippen LogP contribution in [-0.4, -0.2) is 22.2 Å². The van der Waals surface area contributed by atoms with Crippen molar-refractivity contribution >= 4 is 5.91 Å². The lowest BCUT2D eigenvalue weighted by Crippen LogP contribution is -2.35. The molecule has 3 rings (SSSR count). The van der Waals surface area contributed by atoms with E-state index < -0.39 is 0 Å². The van der Waals surface area contributed by atoms with Crippen LogP contribution in [0.25, 0.3) is 0 Å². The highest BCUT2D eigenvalue weighted by Gasteiger charge is 2.23. The summed E-state index contributed by atoms with van der Waals surface area (Å²) in [5.74, 6) is 0.140. The minimum Gasteiger partial charge on any atom is -0.508 e. The van der Waals surface area contributed by atoms with Crippen molar-refractivity contribution in [2.75, 3.05) is 0 Å². The summed E-state index contributed by atoms with van der Waals surface area (Å²) in [7, 11) is 0. The number of phenols is 2. The predicted molar refractivity (Wildman–Crippen MR) is 102 cm³/mol. The molecule has 0 saturated heterocycles. The first-order valence-electron chi connectivity index (χ1n) is 9.49. The van der Waals surface area contributed by atoms with Crippen LogP contribution in [0, 0.1) is 0 Å². The third-order valence-electron chi connectivity index (χ3n) is 5.22. The molecule has 4 nitrogen and oxygen atoms in total. The zero-order valence-corrected chi connectivity index (χ0v) is 15.0. The molecule has 1 fully saturated rings. The number of hydrogen-bond donors (Lipinski definition) is 3. The molecule has 2 aromatic rings. The summed E-state index contributed by atoms with van der Waals surface area (Å²) in [5, 5.41) is 23.0. The molecule has 1 atom stereocenters. The Balaban J connectivity index is 1.78. The number of carbonyl (C=O) groups excluding carboxylic acids is 1. The van der Waals surface area contributed by atoms with Gasteiger partial charge in [-0.15, -0.1) is 0 Å². The molecule has 0 spiro atoms. The molecule has 1 aliphatic carbocycles. The molecule has 2 aromatic carbocycles. The summed E-state index contributed by atoms with van der Waals surface area (Å²) in [4.78, 5) is 12.7. The first kappa shape index (κ1) is 18.3. The highest BCUT2D eigenvalue weighted by Crippen LogP contribution is 2.34. The van der Waals surface area contributed by atoms with E-state index >= 15 is 0 Å². The SMILES string of the molecule is O=C(CC(c1ccc(O)cc1)c1ccccc1O)NC1CCCCCC1. The van der Waals surface area contributed by atoms with E-state index in [-0.39, 0.29) is 35.8 Å². The average molecular weight is 353 g/mol. The molecule has 1 amide bonds. The molecule has 26 heavy (non-hydrogen) atoms. The van der Waals surface area contributed by atoms with E-state index in [9.17, 15) is 15.0 Å². The molecular formula is C22H27NO3. The summed E-state index contributed by atoms with van der Waals surface area (Å²) >= 11 is 0. The number of para-hydroxylation sites is 1. The van der Waals surface area contributed by atoms with Crippen LogP contribution in [0.2, 0.25) is 0 Å². The second kappa shape index (κ2) is 8.75. The minimum atomic E-state index is -0.248. The van der Waals surface area contributed by atoms with Gasteiger partial charge in [-0.1, -0.05) is 56.0 Å². The zero-order chi connectivity index (χ0) is 18.4. The molecule has 1 saturated carbocycles. The van der Waals surface area contributed by atoms with Crippen molar-refractivity contribution in [2.45, 2.75) is 56.9 Å². The molecule has 3 N–H and O–H groups in total. The van der Waals surface area contributed by atoms with Crippen molar-refractivity contribution in [3.05, 3.63) is 59.7 Å². The number of phenolic OH excluding ortho intramolecular Hbond substituents is 2. The summed E-state index contributed by atoms with van der Waals surface area (Å²) in [5.41, 5.74) is 1.63. The molecule has 0 heterocycles. The number of amides is 1. The highest BCUT2D eigenvalue weighted by molar-refractivity contribution is 5.78. The number of aromatic hydroxyl groups is 2. The van der Waals surface area contributed by atoms with Gasteiger partial charge in [0.1, 0.15) is 11.5 Å². The van der Waals surface area contributed by atoms with Crippen molar-refractivity contribution in [3.8, 4) is 11.5 Å². The smallest absolute Gasteiger partial charge is 0.221 e. The lowest BCUT2D eigenvalue weighted by Gasteiger charge is -2.21. The number of rotatable bonds is 5. The Morgan fingerprint density at radius 1 is 0.962 bits per heavy atom. The van der Waals surface area contributed by atoms with Gasteiger partial charge in [-0.2, -0.15) is 0 Å². The Morgan fingerprint density at radius 2 is 1.62 bits per heavy atom. The van der Waals surface area contributed by atoms with Gasteiger partial charge in [0.2, 0.25) is 5.91 Å². The highest BCUT2D eigenvalue weighted by atomic mass is 16.3. The number of benzene rings is 2. The van der Waals surface area contributed by atoms with E-state index in [0.717, 1.165) is 24.0 Å². The Bertz CT molecular complexity index is 718. The fourth-order valence-electron chi connectivity index (χ4n) is 3.79. The van der Waals surface area contributed by atoms with E-state index in [1.165, 1.54) is 25.7 Å². The first-order chi connectivity index (χ1) is 12.6. The van der Waals surface area contributed by atoms with Crippen molar-refractivity contribution in [1.82, 2.24) is 5.32 Å². The molecule has 138 valence electrons. The predicted octanol–water partition coefficient (Wildman–Crippen LogP) is 4.46. The van der Waals surface area contributed by atoms with Gasteiger partial charge in [0.15, 0.2) is 0 Å². The second-order valence-corrected chi connectivity index (χ2v) is 7.16. The van der Waals surface area contributed by atoms with Crippen LogP contribution in [0.1, 0.15) is 62.0 Å². The molecule has 1 unspecified atom stereocenters. The Labute approximate surface area is 154 Å². The quantitative estimate of drug-likeness (QED) is 0.695. The number of hydrogen-bond acceptors (Lipinski definition) is 3. The topological polar surface area (TPSA) is 69.6 Å². The van der Waals surface area contributed by atoms with Crippen molar-refractivity contribution < 1.29 is 15.0 Å². The second-order valence-electron chi connectivity index (χ2n) is 7.16. The monoisotopic (exact) mass is 353 g/mol. The fraction of sp³-hybridized carbons (Fsp3) is 0.409. The van der Waals surface area contributed by atoms with Gasteiger partial charge in [0, 0.05) is 23.9 Å². The maximum absolute atomic E-state index is 12.7. The summed E-state index contributed by atoms with van der Waals surface area (Å²) in [6.45, 7) is 0. The van der Waals surface area contributed by atoms with Gasteiger partial charge in [-0.05, 0) is 36.6 Å². The number of carbonyl (C=O) groups is 1. The van der Waals surface area contributed by atoms with Crippen molar-refractivity contribution in [3.63, 3.8) is 0 Å². The van der Waals surface area contributed by atoms with Crippen molar-refractivity contribution in [1.29, 1.82) is 0 Å². The van der Waals surface area contributed by atoms with E-state index in [0.29, 0.717) is 0 Å². The fourth-order valence-corrected chi connectivity index (χ4v) is 3.79. The summed E-state index contributed by atoms with van der Waals surface area (Å²) in [6, 6.07) is 14.3. The normalized spacial score (nSPS) is 16.6. The van der Waals surface area contributed by atoms with E-state index in [1.54, 1.807) is 24.3 Å². The van der Waals surface area contributed by atoms with Gasteiger partial charge in [-0.25, -0.2) is 0 Å². The van der Waals surface area contributed by atoms with Crippen LogP contribution in [0.3, 0.4) is 0 Å². The molecule has 0 aliphatic heterocycles. The van der Waals surface area contributed by atoms with Gasteiger partial charge in [-0.3, -0.25) is 4.79 Å². The Hall–Kier alpha value is -2.49. The third kappa shape index (κ3) is 4.78. The summed E-state index contributed by atoms with van der Waals surface area (Å²) < 4.78 is 0. The maximum atomic E-state index is 12.7. The lowest BCUT2D eigenvalue weighted by molar-refractivity contribution is -0.122. The minimum absolute atomic E-state index is 0.0122. The van der Waals surface area contributed by atoms with Crippen LogP contribution < -0.4 is 5.32 Å². The van der Waals surface area contributed by atoms with Crippen LogP contribution in [0.5, 0.6) is 11.5 Å². The van der Waals surface area contributed by atoms with Gasteiger partial charge < -0.3 is 15.5 Å². The van der Waals surface area contributed by atoms with E-state index in [2.05, 4.69) is 5.32 Å². The molecule has 4 heteroatoms. The van der Waals surface area contributed by atoms with Gasteiger partial charge >= 0.3 is 0 Å². The molecule has 0 aromatic heterocycles. The van der Waals surface area contributed by atoms with Crippen LogP contribution >= 0.6 is 0 Å².